The highest BCUT2D eigenvalue weighted by atomic mass is 16.5. The van der Waals surface area contributed by atoms with E-state index in [4.69, 9.17) is 4.74 Å². The van der Waals surface area contributed by atoms with Gasteiger partial charge in [-0.25, -0.2) is 0 Å². The smallest absolute Gasteiger partial charge is 0.302 e. The maximum atomic E-state index is 11.5. The number of carbonyl (C=O) groups is 1. The number of aliphatic hydroxyl groups excluding tert-OH is 2. The van der Waals surface area contributed by atoms with Gasteiger partial charge >= 0.3 is 5.97 Å². The molecule has 3 aliphatic rings. The van der Waals surface area contributed by atoms with E-state index in [1.807, 2.05) is 13.8 Å². The van der Waals surface area contributed by atoms with Crippen molar-refractivity contribution < 1.29 is 24.9 Å². The molecule has 3 rings (SSSR count). The number of ether oxygens (including phenoxy) is 1. The van der Waals surface area contributed by atoms with Crippen LogP contribution >= 0.6 is 0 Å². The minimum Gasteiger partial charge on any atom is -0.462 e. The lowest BCUT2D eigenvalue weighted by molar-refractivity contribution is -0.152. The molecule has 0 amide bonds. The van der Waals surface area contributed by atoms with Crippen LogP contribution < -0.4 is 0 Å². The van der Waals surface area contributed by atoms with E-state index < -0.39 is 22.5 Å². The highest BCUT2D eigenvalue weighted by Gasteiger charge is 2.74. The van der Waals surface area contributed by atoms with E-state index in [2.05, 4.69) is 6.58 Å². The van der Waals surface area contributed by atoms with Gasteiger partial charge in [-0.2, -0.15) is 0 Å². The van der Waals surface area contributed by atoms with Crippen molar-refractivity contribution in [2.45, 2.75) is 57.8 Å². The van der Waals surface area contributed by atoms with Crippen molar-refractivity contribution in [1.82, 2.24) is 0 Å². The molecule has 7 atom stereocenters. The second-order valence-electron chi connectivity index (χ2n) is 8.06. The zero-order chi connectivity index (χ0) is 16.5. The zero-order valence-corrected chi connectivity index (χ0v) is 13.5. The van der Waals surface area contributed by atoms with Crippen LogP contribution in [0.1, 0.15) is 40.0 Å². The third kappa shape index (κ3) is 1.73. The van der Waals surface area contributed by atoms with Crippen LogP contribution in [0.3, 0.4) is 0 Å². The number of esters is 1. The maximum absolute atomic E-state index is 11.5. The van der Waals surface area contributed by atoms with Crippen LogP contribution in [0.25, 0.3) is 0 Å². The molecule has 0 heterocycles. The molecule has 0 bridgehead atoms. The van der Waals surface area contributed by atoms with E-state index in [1.54, 1.807) is 0 Å². The Kier molecular flexibility index (Phi) is 3.31. The van der Waals surface area contributed by atoms with Crippen LogP contribution in [0.4, 0.5) is 0 Å². The van der Waals surface area contributed by atoms with Crippen molar-refractivity contribution in [3.05, 3.63) is 12.2 Å². The molecule has 0 saturated heterocycles. The maximum Gasteiger partial charge on any atom is 0.302 e. The second kappa shape index (κ2) is 4.56. The van der Waals surface area contributed by atoms with Gasteiger partial charge in [-0.3, -0.25) is 4.79 Å². The molecule has 3 N–H and O–H groups in total. The average molecular weight is 310 g/mol. The van der Waals surface area contributed by atoms with Crippen LogP contribution in [0.15, 0.2) is 12.2 Å². The normalized spacial score (nSPS) is 53.5. The first kappa shape index (κ1) is 16.0. The van der Waals surface area contributed by atoms with Crippen LogP contribution in [0, 0.1) is 22.7 Å². The Bertz CT molecular complexity index is 531. The molecule has 0 spiro atoms. The number of carbonyl (C=O) groups excluding carboxylic acids is 1. The summed E-state index contributed by atoms with van der Waals surface area (Å²) >= 11 is 0. The summed E-state index contributed by atoms with van der Waals surface area (Å²) in [6, 6.07) is 0. The Balaban J connectivity index is 2.08. The lowest BCUT2D eigenvalue weighted by Gasteiger charge is -2.42. The van der Waals surface area contributed by atoms with Gasteiger partial charge in [-0.1, -0.05) is 20.4 Å². The highest BCUT2D eigenvalue weighted by Crippen LogP contribution is 2.71. The lowest BCUT2D eigenvalue weighted by Crippen LogP contribution is -2.48. The molecule has 7 unspecified atom stereocenters. The van der Waals surface area contributed by atoms with Crippen molar-refractivity contribution >= 4 is 5.97 Å². The summed E-state index contributed by atoms with van der Waals surface area (Å²) in [4.78, 5) is 11.5. The molecule has 3 aliphatic carbocycles. The van der Waals surface area contributed by atoms with Crippen LogP contribution in [-0.2, 0) is 9.53 Å². The van der Waals surface area contributed by atoms with Gasteiger partial charge in [0.15, 0.2) is 0 Å². The van der Waals surface area contributed by atoms with E-state index >= 15 is 0 Å². The monoisotopic (exact) mass is 310 g/mol. The van der Waals surface area contributed by atoms with Crippen molar-refractivity contribution in [3.63, 3.8) is 0 Å². The predicted octanol–water partition coefficient (Wildman–Crippen LogP) is 1.01. The number of rotatable bonds is 2. The van der Waals surface area contributed by atoms with E-state index in [0.717, 1.165) is 0 Å². The number of aliphatic hydroxyl groups is 3. The second-order valence-corrected chi connectivity index (χ2v) is 8.06. The lowest BCUT2D eigenvalue weighted by atomic mass is 9.65. The largest absolute Gasteiger partial charge is 0.462 e. The van der Waals surface area contributed by atoms with Gasteiger partial charge in [0.2, 0.25) is 0 Å². The Morgan fingerprint density at radius 1 is 1.41 bits per heavy atom. The Morgan fingerprint density at radius 3 is 2.59 bits per heavy atom. The van der Waals surface area contributed by atoms with E-state index in [0.29, 0.717) is 24.8 Å². The van der Waals surface area contributed by atoms with Crippen LogP contribution in [-0.4, -0.2) is 45.7 Å². The molecule has 5 nitrogen and oxygen atoms in total. The molecule has 124 valence electrons. The first-order valence-corrected chi connectivity index (χ1v) is 7.97. The summed E-state index contributed by atoms with van der Waals surface area (Å²) in [5.74, 6) is -0.721. The van der Waals surface area contributed by atoms with Gasteiger partial charge in [0, 0.05) is 30.3 Å². The van der Waals surface area contributed by atoms with Gasteiger partial charge < -0.3 is 20.1 Å². The fourth-order valence-electron chi connectivity index (χ4n) is 5.88. The van der Waals surface area contributed by atoms with Gasteiger partial charge in [0.25, 0.3) is 0 Å². The molecule has 3 fully saturated rings. The van der Waals surface area contributed by atoms with Gasteiger partial charge in [-0.15, -0.1) is 0 Å². The third-order valence-corrected chi connectivity index (χ3v) is 6.59. The summed E-state index contributed by atoms with van der Waals surface area (Å²) in [5, 5.41) is 31.5. The summed E-state index contributed by atoms with van der Waals surface area (Å²) in [6.45, 7) is 9.19. The van der Waals surface area contributed by atoms with Crippen molar-refractivity contribution in [1.29, 1.82) is 0 Å². The first-order chi connectivity index (χ1) is 10.1. The van der Waals surface area contributed by atoms with E-state index in [9.17, 15) is 20.1 Å². The fraction of sp³-hybridized carbons (Fsp3) is 0.824. The zero-order valence-electron chi connectivity index (χ0n) is 13.5. The Hall–Kier alpha value is -0.910. The first-order valence-electron chi connectivity index (χ1n) is 7.97. The van der Waals surface area contributed by atoms with E-state index in [1.165, 1.54) is 6.92 Å². The molecule has 0 aromatic heterocycles. The molecule has 0 aromatic rings. The Labute approximate surface area is 131 Å². The van der Waals surface area contributed by atoms with Gasteiger partial charge in [0.05, 0.1) is 11.7 Å². The van der Waals surface area contributed by atoms with Crippen LogP contribution in [0.5, 0.6) is 0 Å². The van der Waals surface area contributed by atoms with Gasteiger partial charge in [0.1, 0.15) is 6.10 Å². The molecule has 22 heavy (non-hydrogen) atoms. The fourth-order valence-corrected chi connectivity index (χ4v) is 5.88. The predicted molar refractivity (Wildman–Crippen MR) is 79.8 cm³/mol. The minimum atomic E-state index is -1.19. The molecular formula is C17H26O5. The number of hydrogen-bond acceptors (Lipinski definition) is 5. The summed E-state index contributed by atoms with van der Waals surface area (Å²) in [7, 11) is 0. The number of hydrogen-bond donors (Lipinski definition) is 3. The molecular weight excluding hydrogens is 284 g/mol. The molecule has 0 aromatic carbocycles. The third-order valence-electron chi connectivity index (χ3n) is 6.59. The van der Waals surface area contributed by atoms with E-state index in [-0.39, 0.29) is 30.5 Å². The van der Waals surface area contributed by atoms with Crippen molar-refractivity contribution in [3.8, 4) is 0 Å². The topological polar surface area (TPSA) is 87.0 Å². The summed E-state index contributed by atoms with van der Waals surface area (Å²) in [5.41, 5.74) is -1.72. The molecule has 5 heteroatoms. The van der Waals surface area contributed by atoms with Crippen LogP contribution in [0.2, 0.25) is 0 Å². The molecule has 3 saturated carbocycles. The minimum absolute atomic E-state index is 0.0938. The summed E-state index contributed by atoms with van der Waals surface area (Å²) < 4.78 is 5.54. The van der Waals surface area contributed by atoms with Crippen molar-refractivity contribution in [2.75, 3.05) is 6.61 Å². The summed E-state index contributed by atoms with van der Waals surface area (Å²) in [6.07, 6.45) is 0.637. The number of fused-ring (bicyclic) bond motifs is 3. The standard InChI is InChI=1S/C17H26O5/c1-9-12(20)5-11-6-16(4)13(22-10(2)19)7-15(3,8-18)14(16)17(9,11)21/h11-14,18,20-21H,1,5-8H2,2-4H3. The Morgan fingerprint density at radius 2 is 2.05 bits per heavy atom. The van der Waals surface area contributed by atoms with Gasteiger partial charge in [-0.05, 0) is 30.8 Å². The van der Waals surface area contributed by atoms with Crippen molar-refractivity contribution in [2.24, 2.45) is 22.7 Å². The average Bonchev–Trinajstić information content (AvgIpc) is 2.86. The SMILES string of the molecule is C=C1C(O)CC2CC3(C)C(OC(C)=O)CC(C)(CO)C3C12O. The quantitative estimate of drug-likeness (QED) is 0.523. The molecule has 0 aliphatic heterocycles. The molecule has 0 radical (unpaired) electrons. The highest BCUT2D eigenvalue weighted by molar-refractivity contribution is 5.66.